The Labute approximate surface area is 104 Å². The van der Waals surface area contributed by atoms with E-state index in [1.807, 2.05) is 0 Å². The molecule has 0 atom stereocenters. The van der Waals surface area contributed by atoms with E-state index in [4.69, 9.17) is 5.11 Å². The van der Waals surface area contributed by atoms with Crippen LogP contribution in [0.5, 0.6) is 0 Å². The van der Waals surface area contributed by atoms with Gasteiger partial charge in [-0.25, -0.2) is 8.78 Å². The lowest BCUT2D eigenvalue weighted by Gasteiger charge is -2.05. The molecule has 0 bridgehead atoms. The van der Waals surface area contributed by atoms with Crippen LogP contribution in [0.1, 0.15) is 12.0 Å². The molecule has 2 N–H and O–H groups in total. The van der Waals surface area contributed by atoms with Gasteiger partial charge in [-0.1, -0.05) is 6.07 Å². The van der Waals surface area contributed by atoms with Gasteiger partial charge in [0, 0.05) is 25.4 Å². The van der Waals surface area contributed by atoms with Gasteiger partial charge < -0.3 is 10.4 Å². The summed E-state index contributed by atoms with van der Waals surface area (Å²) in [7, 11) is 0. The first-order valence-corrected chi connectivity index (χ1v) is 6.72. The highest BCUT2D eigenvalue weighted by atomic mass is 32.2. The quantitative estimate of drug-likeness (QED) is 0.703. The first-order valence-electron chi connectivity index (χ1n) is 5.57. The molecule has 17 heavy (non-hydrogen) atoms. The van der Waals surface area contributed by atoms with Crippen LogP contribution in [0.25, 0.3) is 0 Å². The minimum Gasteiger partial charge on any atom is -0.396 e. The second-order valence-electron chi connectivity index (χ2n) is 3.61. The van der Waals surface area contributed by atoms with Gasteiger partial charge in [0.15, 0.2) is 11.6 Å². The largest absolute Gasteiger partial charge is 0.396 e. The van der Waals surface area contributed by atoms with Crippen LogP contribution in [0.15, 0.2) is 18.2 Å². The number of benzene rings is 1. The third-order valence-corrected chi connectivity index (χ3v) is 3.25. The van der Waals surface area contributed by atoms with Gasteiger partial charge in [0.1, 0.15) is 0 Å². The molecule has 0 aromatic heterocycles. The minimum absolute atomic E-state index is 0.231. The molecule has 1 aromatic carbocycles. The molecule has 5 heteroatoms. The minimum atomic E-state index is -0.812. The van der Waals surface area contributed by atoms with Crippen molar-refractivity contribution in [3.63, 3.8) is 0 Å². The van der Waals surface area contributed by atoms with Crippen molar-refractivity contribution < 1.29 is 13.9 Å². The zero-order chi connectivity index (χ0) is 12.5. The molecule has 0 heterocycles. The molecule has 0 spiro atoms. The zero-order valence-corrected chi connectivity index (χ0v) is 10.4. The standard InChI is InChI=1S/C12H17F2NOS/c13-11-3-2-10(8-12(11)14)9-15-4-7-17-6-1-5-16/h2-3,8,15-16H,1,4-7,9H2. The molecule has 0 amide bonds. The lowest BCUT2D eigenvalue weighted by Crippen LogP contribution is -2.17. The van der Waals surface area contributed by atoms with Gasteiger partial charge >= 0.3 is 0 Å². The molecule has 2 nitrogen and oxygen atoms in total. The molecule has 0 aliphatic rings. The summed E-state index contributed by atoms with van der Waals surface area (Å²) in [6.45, 7) is 1.59. The Bertz CT molecular complexity index is 336. The maximum absolute atomic E-state index is 12.9. The van der Waals surface area contributed by atoms with Crippen molar-refractivity contribution in [2.45, 2.75) is 13.0 Å². The maximum atomic E-state index is 12.9. The van der Waals surface area contributed by atoms with Crippen LogP contribution in [-0.2, 0) is 6.54 Å². The van der Waals surface area contributed by atoms with Gasteiger partial charge in [-0.05, 0) is 29.9 Å². The summed E-state index contributed by atoms with van der Waals surface area (Å²) < 4.78 is 25.5. The van der Waals surface area contributed by atoms with Crippen molar-refractivity contribution in [3.8, 4) is 0 Å². The van der Waals surface area contributed by atoms with Crippen molar-refractivity contribution in [2.24, 2.45) is 0 Å². The van der Waals surface area contributed by atoms with Crippen LogP contribution < -0.4 is 5.32 Å². The predicted molar refractivity (Wildman–Crippen MR) is 67.1 cm³/mol. The van der Waals surface area contributed by atoms with E-state index >= 15 is 0 Å². The Morgan fingerprint density at radius 3 is 2.71 bits per heavy atom. The molecule has 96 valence electrons. The molecule has 0 radical (unpaired) electrons. The van der Waals surface area contributed by atoms with Crippen LogP contribution in [0.4, 0.5) is 8.78 Å². The van der Waals surface area contributed by atoms with Gasteiger partial charge in [0.25, 0.3) is 0 Å². The zero-order valence-electron chi connectivity index (χ0n) is 9.59. The van der Waals surface area contributed by atoms with Crippen LogP contribution in [0, 0.1) is 11.6 Å². The van der Waals surface area contributed by atoms with E-state index in [0.717, 1.165) is 36.1 Å². The monoisotopic (exact) mass is 261 g/mol. The number of halogens is 2. The van der Waals surface area contributed by atoms with E-state index < -0.39 is 11.6 Å². The molecule has 1 rings (SSSR count). The van der Waals surface area contributed by atoms with Crippen molar-refractivity contribution in [3.05, 3.63) is 35.4 Å². The normalized spacial score (nSPS) is 10.8. The highest BCUT2D eigenvalue weighted by Gasteiger charge is 2.01. The Kier molecular flexibility index (Phi) is 7.16. The first kappa shape index (κ1) is 14.4. The van der Waals surface area contributed by atoms with E-state index in [9.17, 15) is 8.78 Å². The average molecular weight is 261 g/mol. The third-order valence-electron chi connectivity index (χ3n) is 2.18. The number of aliphatic hydroxyl groups is 1. The molecular weight excluding hydrogens is 244 g/mol. The van der Waals surface area contributed by atoms with Crippen LogP contribution in [0.3, 0.4) is 0 Å². The molecular formula is C12H17F2NOS. The van der Waals surface area contributed by atoms with Gasteiger partial charge in [0.05, 0.1) is 0 Å². The SMILES string of the molecule is OCCCSCCNCc1ccc(F)c(F)c1. The average Bonchev–Trinajstić information content (AvgIpc) is 2.32. The number of nitrogens with one attached hydrogen (secondary N) is 1. The summed E-state index contributed by atoms with van der Waals surface area (Å²) in [6, 6.07) is 3.92. The van der Waals surface area contributed by atoms with E-state index in [2.05, 4.69) is 5.32 Å². The molecule has 0 aliphatic carbocycles. The third kappa shape index (κ3) is 6.00. The van der Waals surface area contributed by atoms with Crippen LogP contribution >= 0.6 is 11.8 Å². The Balaban J connectivity index is 2.11. The molecule has 0 unspecified atom stereocenters. The lowest BCUT2D eigenvalue weighted by molar-refractivity contribution is 0.296. The highest BCUT2D eigenvalue weighted by Crippen LogP contribution is 2.08. The lowest BCUT2D eigenvalue weighted by atomic mass is 10.2. The Morgan fingerprint density at radius 1 is 1.18 bits per heavy atom. The Hall–Kier alpha value is -0.650. The molecule has 1 aromatic rings. The number of hydrogen-bond donors (Lipinski definition) is 2. The van der Waals surface area contributed by atoms with E-state index in [1.54, 1.807) is 17.8 Å². The van der Waals surface area contributed by atoms with Crippen LogP contribution in [-0.4, -0.2) is 29.8 Å². The number of hydrogen-bond acceptors (Lipinski definition) is 3. The fraction of sp³-hybridized carbons (Fsp3) is 0.500. The number of aliphatic hydroxyl groups excluding tert-OH is 1. The molecule has 0 fully saturated rings. The summed E-state index contributed by atoms with van der Waals surface area (Å²) in [5, 5.41) is 11.7. The fourth-order valence-corrected chi connectivity index (χ4v) is 2.12. The van der Waals surface area contributed by atoms with Gasteiger partial charge in [-0.3, -0.25) is 0 Å². The van der Waals surface area contributed by atoms with E-state index in [1.165, 1.54) is 6.07 Å². The fourth-order valence-electron chi connectivity index (χ4n) is 1.30. The molecule has 0 saturated heterocycles. The summed E-state index contributed by atoms with van der Waals surface area (Å²) in [4.78, 5) is 0. The molecule has 0 saturated carbocycles. The summed E-state index contributed by atoms with van der Waals surface area (Å²) in [5.74, 6) is 0.280. The summed E-state index contributed by atoms with van der Waals surface area (Å²) in [6.07, 6.45) is 0.813. The van der Waals surface area contributed by atoms with E-state index in [-0.39, 0.29) is 6.61 Å². The summed E-state index contributed by atoms with van der Waals surface area (Å²) in [5.41, 5.74) is 0.740. The predicted octanol–water partition coefficient (Wildman–Crippen LogP) is 2.17. The van der Waals surface area contributed by atoms with Gasteiger partial charge in [-0.2, -0.15) is 11.8 Å². The highest BCUT2D eigenvalue weighted by molar-refractivity contribution is 7.99. The van der Waals surface area contributed by atoms with Gasteiger partial charge in [0.2, 0.25) is 0 Å². The first-order chi connectivity index (χ1) is 8.24. The van der Waals surface area contributed by atoms with Crippen molar-refractivity contribution in [2.75, 3.05) is 24.7 Å². The van der Waals surface area contributed by atoms with Crippen molar-refractivity contribution in [1.82, 2.24) is 5.32 Å². The second kappa shape index (κ2) is 8.44. The smallest absolute Gasteiger partial charge is 0.159 e. The maximum Gasteiger partial charge on any atom is 0.159 e. The topological polar surface area (TPSA) is 32.3 Å². The number of rotatable bonds is 8. The van der Waals surface area contributed by atoms with Crippen molar-refractivity contribution in [1.29, 1.82) is 0 Å². The van der Waals surface area contributed by atoms with Gasteiger partial charge in [-0.15, -0.1) is 0 Å². The molecule has 0 aliphatic heterocycles. The Morgan fingerprint density at radius 2 is 2.00 bits per heavy atom. The second-order valence-corrected chi connectivity index (χ2v) is 4.84. The van der Waals surface area contributed by atoms with E-state index in [0.29, 0.717) is 6.54 Å². The van der Waals surface area contributed by atoms with Crippen molar-refractivity contribution >= 4 is 11.8 Å². The van der Waals surface area contributed by atoms with Crippen LogP contribution in [0.2, 0.25) is 0 Å². The summed E-state index contributed by atoms with van der Waals surface area (Å²) >= 11 is 1.76. The number of thioether (sulfide) groups is 1.